The fraction of sp³-hybridized carbons (Fsp3) is 0.510. The van der Waals surface area contributed by atoms with Gasteiger partial charge in [-0.25, -0.2) is 0 Å². The Morgan fingerprint density at radius 2 is 0.600 bits per heavy atom. The number of hydrogen-bond acceptors (Lipinski definition) is 5. The van der Waals surface area contributed by atoms with Crippen molar-refractivity contribution in [3.63, 3.8) is 0 Å². The van der Waals surface area contributed by atoms with Gasteiger partial charge in [0.15, 0.2) is 0 Å². The molecule has 0 saturated heterocycles. The molecule has 298 valence electrons. The predicted octanol–water partition coefficient (Wildman–Crippen LogP) is 12.4. The van der Waals surface area contributed by atoms with Crippen LogP contribution in [0, 0.1) is 27.7 Å². The van der Waals surface area contributed by atoms with Gasteiger partial charge in [0.25, 0.3) is 0 Å². The van der Waals surface area contributed by atoms with Gasteiger partial charge < -0.3 is 24.2 Å². The molecule has 4 N–H and O–H groups in total. The van der Waals surface area contributed by atoms with Crippen LogP contribution in [0.25, 0.3) is 0 Å². The Balaban J connectivity index is 2.38. The van der Waals surface area contributed by atoms with Crippen molar-refractivity contribution < 1.29 is 24.2 Å². The highest BCUT2D eigenvalue weighted by molar-refractivity contribution is 6.58. The number of phenols is 4. The summed E-state index contributed by atoms with van der Waals surface area (Å²) >= 11 is -3.06. The fourth-order valence-electron chi connectivity index (χ4n) is 8.17. The maximum atomic E-state index is 12.6. The summed E-state index contributed by atoms with van der Waals surface area (Å²) in [5, 5.41) is 50.2. The number of hydrogen-bond donors (Lipinski definition) is 4. The molecule has 0 radical (unpaired) electrons. The second kappa shape index (κ2) is 15.5. The van der Waals surface area contributed by atoms with Crippen molar-refractivity contribution in [2.45, 2.75) is 162 Å². The quantitative estimate of drug-likeness (QED) is 0.134. The highest BCUT2D eigenvalue weighted by Crippen LogP contribution is 2.52. The third kappa shape index (κ3) is 9.42. The molecule has 6 heteroatoms. The van der Waals surface area contributed by atoms with Gasteiger partial charge in [0.1, 0.15) is 23.0 Å². The van der Waals surface area contributed by atoms with Crippen LogP contribution in [0.1, 0.15) is 173 Å². The van der Waals surface area contributed by atoms with Crippen molar-refractivity contribution >= 4 is 14.5 Å². The lowest BCUT2D eigenvalue weighted by atomic mass is 9.81. The molecule has 0 heterocycles. The molecule has 0 unspecified atom stereocenters. The van der Waals surface area contributed by atoms with Crippen molar-refractivity contribution in [3.05, 3.63) is 115 Å². The van der Waals surface area contributed by atoms with Gasteiger partial charge in [-0.1, -0.05) is 154 Å². The van der Waals surface area contributed by atoms with Gasteiger partial charge in [0.05, 0.1) is 0 Å². The third-order valence-corrected chi connectivity index (χ3v) is 14.4. The smallest absolute Gasteiger partial charge is 0.487 e. The summed E-state index contributed by atoms with van der Waals surface area (Å²) in [5.41, 5.74) is 8.37. The van der Waals surface area contributed by atoms with Gasteiger partial charge in [-0.3, -0.25) is 0 Å². The molecule has 4 rings (SSSR count). The fourth-order valence-corrected chi connectivity index (χ4v) is 11.9. The van der Waals surface area contributed by atoms with Gasteiger partial charge in [0.2, 0.25) is 0 Å². The topological polar surface area (TPSA) is 90.2 Å². The van der Waals surface area contributed by atoms with E-state index in [2.05, 4.69) is 83.1 Å². The Kier molecular flexibility index (Phi) is 12.5. The molecule has 0 atom stereocenters. The van der Waals surface area contributed by atoms with E-state index in [4.69, 9.17) is 3.79 Å². The van der Waals surface area contributed by atoms with Crippen molar-refractivity contribution in [2.24, 2.45) is 0 Å². The molecule has 0 aliphatic rings. The van der Waals surface area contributed by atoms with Crippen LogP contribution in [0.5, 0.6) is 23.0 Å². The van der Waals surface area contributed by atoms with Gasteiger partial charge in [-0.15, -0.1) is 0 Å². The van der Waals surface area contributed by atoms with Gasteiger partial charge >= 0.3 is 14.5 Å². The maximum absolute atomic E-state index is 12.6. The van der Waals surface area contributed by atoms with E-state index >= 15 is 0 Å². The molecule has 4 aromatic carbocycles. The molecule has 0 fully saturated rings. The van der Waals surface area contributed by atoms with Crippen molar-refractivity contribution in [3.8, 4) is 23.0 Å². The van der Waals surface area contributed by atoms with Crippen molar-refractivity contribution in [1.29, 1.82) is 0 Å². The van der Waals surface area contributed by atoms with E-state index < -0.39 is 24.0 Å². The monoisotopic (exact) mass is 764 g/mol. The SMILES string of the molecule is Cc1cc([CH](c2cc(C)cc(C(C)(C)C)c2O)[Al]([O]C(C)C)[CH](c2cc(C)cc(C(C)(C)C)c2O)c2cc(C)cc(C(C)(C)C)c2O)c(O)c(C(C)(C)C)c1. The Hall–Kier alpha value is -3.43. The van der Waals surface area contributed by atoms with Crippen LogP contribution in [0.3, 0.4) is 0 Å². The summed E-state index contributed by atoms with van der Waals surface area (Å²) in [6.07, 6.45) is -0.257. The molecule has 55 heavy (non-hydrogen) atoms. The average Bonchev–Trinajstić information content (AvgIpc) is 3.00. The maximum Gasteiger partial charge on any atom is 0.487 e. The van der Waals surface area contributed by atoms with Crippen LogP contribution in [0.15, 0.2) is 48.5 Å². The van der Waals surface area contributed by atoms with Gasteiger partial charge in [-0.2, -0.15) is 0 Å². The molecule has 0 aliphatic carbocycles. The Morgan fingerprint density at radius 1 is 0.400 bits per heavy atom. The summed E-state index contributed by atoms with van der Waals surface area (Å²) in [6, 6.07) is 16.4. The Labute approximate surface area is 337 Å². The second-order valence-corrected chi connectivity index (χ2v) is 23.1. The molecule has 0 amide bonds. The van der Waals surface area contributed by atoms with Gasteiger partial charge in [-0.05, 0) is 108 Å². The molecule has 0 saturated carbocycles. The predicted molar refractivity (Wildman–Crippen MR) is 232 cm³/mol. The number of rotatable bonds is 8. The van der Waals surface area contributed by atoms with Crippen molar-refractivity contribution in [1.82, 2.24) is 0 Å². The summed E-state index contributed by atoms with van der Waals surface area (Å²) in [5.74, 6) is 0.713. The molecular formula is C49H69AlO5. The van der Waals surface area contributed by atoms with Crippen LogP contribution < -0.4 is 0 Å². The highest BCUT2D eigenvalue weighted by Gasteiger charge is 2.49. The lowest BCUT2D eigenvalue weighted by molar-refractivity contribution is 0.233. The van der Waals surface area contributed by atoms with E-state index in [1.807, 2.05) is 90.1 Å². The first-order valence-electron chi connectivity index (χ1n) is 20.0. The van der Waals surface area contributed by atoms with E-state index in [0.717, 1.165) is 44.5 Å². The Morgan fingerprint density at radius 3 is 0.764 bits per heavy atom. The molecule has 0 spiro atoms. The summed E-state index contributed by atoms with van der Waals surface area (Å²) < 4.78 is 6.13. The first-order valence-corrected chi connectivity index (χ1v) is 21.8. The van der Waals surface area contributed by atoms with E-state index in [0.29, 0.717) is 22.3 Å². The highest BCUT2D eigenvalue weighted by atomic mass is 27.2. The molecule has 4 aromatic rings. The lowest BCUT2D eigenvalue weighted by Gasteiger charge is -2.37. The minimum Gasteiger partial charge on any atom is -0.507 e. The molecular weight excluding hydrogens is 696 g/mol. The van der Waals surface area contributed by atoms with Crippen LogP contribution in [0.2, 0.25) is 0 Å². The third-order valence-electron chi connectivity index (χ3n) is 10.8. The van der Waals surface area contributed by atoms with Crippen molar-refractivity contribution in [2.75, 3.05) is 0 Å². The first-order chi connectivity index (χ1) is 24.9. The number of benzene rings is 4. The van der Waals surface area contributed by atoms with Crippen LogP contribution in [0.4, 0.5) is 0 Å². The van der Waals surface area contributed by atoms with Gasteiger partial charge in [0, 0.05) is 15.7 Å². The van der Waals surface area contributed by atoms with E-state index in [-0.39, 0.29) is 50.8 Å². The van der Waals surface area contributed by atoms with Crippen LogP contribution >= 0.6 is 0 Å². The molecule has 5 nitrogen and oxygen atoms in total. The summed E-state index contributed by atoms with van der Waals surface area (Å²) in [4.78, 5) is 0. The largest absolute Gasteiger partial charge is 0.507 e. The number of phenolic OH excluding ortho intramolecular Hbond substituents is 4. The van der Waals surface area contributed by atoms with E-state index in [1.54, 1.807) is 0 Å². The summed E-state index contributed by atoms with van der Waals surface area (Å²) in [6.45, 7) is 37.4. The first kappa shape index (κ1) is 44.3. The second-order valence-electron chi connectivity index (χ2n) is 20.6. The molecule has 0 aliphatic heterocycles. The lowest BCUT2D eigenvalue weighted by Crippen LogP contribution is -2.39. The van der Waals surface area contributed by atoms with Crippen LogP contribution in [-0.2, 0) is 25.4 Å². The summed E-state index contributed by atoms with van der Waals surface area (Å²) in [7, 11) is 0. The zero-order chi connectivity index (χ0) is 41.9. The molecule has 0 aromatic heterocycles. The normalized spacial score (nSPS) is 13.0. The average molecular weight is 765 g/mol. The van der Waals surface area contributed by atoms with E-state index in [9.17, 15) is 20.4 Å². The molecule has 0 bridgehead atoms. The van der Waals surface area contributed by atoms with Crippen LogP contribution in [-0.4, -0.2) is 41.0 Å². The standard InChI is InChI=1S/2C23H31O2.C3H7O.Al/c2*1-14-9-16(20(24)18(11-14)22(3,4)5)13-17-10-15(2)12-19(21(17)25)23(6,7)8;1-3(2)4;/h2*9-13,24-25H,1-8H3;3H,1-2H3;/q;;-1;+1. The minimum absolute atomic E-state index is 0.178. The van der Waals surface area contributed by atoms with E-state index in [1.165, 1.54) is 0 Å². The number of aromatic hydroxyl groups is 4. The Bertz CT molecular complexity index is 1760. The minimum atomic E-state index is -3.06. The zero-order valence-corrected chi connectivity index (χ0v) is 38.3. The zero-order valence-electron chi connectivity index (χ0n) is 37.1. The number of aryl methyl sites for hydroxylation is 4.